The molecule has 0 radical (unpaired) electrons. The first-order valence-electron chi connectivity index (χ1n) is 4.49. The Labute approximate surface area is 86.9 Å². The molecule has 6 heteroatoms. The SMILES string of the molecule is Nc1cc(CNCCO)ccc1[N+](=O)[O-]. The van der Waals surface area contributed by atoms with E-state index < -0.39 is 4.92 Å². The van der Waals surface area contributed by atoms with Gasteiger partial charge in [0.15, 0.2) is 0 Å². The second-order valence-corrected chi connectivity index (χ2v) is 3.05. The zero-order valence-corrected chi connectivity index (χ0v) is 8.14. The number of nitrogen functional groups attached to an aromatic ring is 1. The van der Waals surface area contributed by atoms with Crippen LogP contribution in [-0.4, -0.2) is 23.2 Å². The maximum Gasteiger partial charge on any atom is 0.292 e. The quantitative estimate of drug-likeness (QED) is 0.280. The molecule has 15 heavy (non-hydrogen) atoms. The largest absolute Gasteiger partial charge is 0.395 e. The van der Waals surface area contributed by atoms with Gasteiger partial charge in [0.05, 0.1) is 11.5 Å². The number of hydrogen-bond donors (Lipinski definition) is 3. The molecule has 0 atom stereocenters. The van der Waals surface area contributed by atoms with Crippen LogP contribution in [0.1, 0.15) is 5.56 Å². The van der Waals surface area contributed by atoms with Gasteiger partial charge in [-0.25, -0.2) is 0 Å². The first-order chi connectivity index (χ1) is 7.15. The molecule has 1 aromatic rings. The number of nitrogens with zero attached hydrogens (tertiary/aromatic N) is 1. The minimum atomic E-state index is -0.514. The fraction of sp³-hybridized carbons (Fsp3) is 0.333. The fourth-order valence-corrected chi connectivity index (χ4v) is 1.19. The lowest BCUT2D eigenvalue weighted by atomic mass is 10.2. The molecular weight excluding hydrogens is 198 g/mol. The van der Waals surface area contributed by atoms with Crippen LogP contribution in [0, 0.1) is 10.1 Å². The number of aliphatic hydroxyl groups is 1. The van der Waals surface area contributed by atoms with Crippen LogP contribution >= 0.6 is 0 Å². The summed E-state index contributed by atoms with van der Waals surface area (Å²) in [5.74, 6) is 0. The molecule has 0 unspecified atom stereocenters. The van der Waals surface area contributed by atoms with Crippen molar-refractivity contribution in [2.45, 2.75) is 6.54 Å². The van der Waals surface area contributed by atoms with E-state index in [4.69, 9.17) is 10.8 Å². The van der Waals surface area contributed by atoms with E-state index in [1.54, 1.807) is 12.1 Å². The van der Waals surface area contributed by atoms with Crippen molar-refractivity contribution in [1.29, 1.82) is 0 Å². The normalized spacial score (nSPS) is 10.2. The van der Waals surface area contributed by atoms with Crippen molar-refractivity contribution in [1.82, 2.24) is 5.32 Å². The van der Waals surface area contributed by atoms with Crippen LogP contribution in [0.25, 0.3) is 0 Å². The zero-order valence-electron chi connectivity index (χ0n) is 8.14. The highest BCUT2D eigenvalue weighted by atomic mass is 16.6. The number of nitro benzene ring substituents is 1. The number of nitrogens with two attached hydrogens (primary N) is 1. The highest BCUT2D eigenvalue weighted by molar-refractivity contribution is 5.59. The Morgan fingerprint density at radius 3 is 2.80 bits per heavy atom. The molecule has 82 valence electrons. The third-order valence-electron chi connectivity index (χ3n) is 1.91. The Morgan fingerprint density at radius 1 is 1.53 bits per heavy atom. The van der Waals surface area contributed by atoms with Crippen molar-refractivity contribution < 1.29 is 10.0 Å². The van der Waals surface area contributed by atoms with Gasteiger partial charge in [-0.15, -0.1) is 0 Å². The van der Waals surface area contributed by atoms with E-state index >= 15 is 0 Å². The molecule has 0 amide bonds. The lowest BCUT2D eigenvalue weighted by Crippen LogP contribution is -2.17. The standard InChI is InChI=1S/C9H13N3O3/c10-8-5-7(6-11-3-4-13)1-2-9(8)12(14)15/h1-2,5,11,13H,3-4,6,10H2. The van der Waals surface area contributed by atoms with E-state index in [9.17, 15) is 10.1 Å². The lowest BCUT2D eigenvalue weighted by molar-refractivity contribution is -0.383. The highest BCUT2D eigenvalue weighted by Crippen LogP contribution is 2.21. The molecule has 0 heterocycles. The van der Waals surface area contributed by atoms with Crippen LogP contribution in [0.15, 0.2) is 18.2 Å². The first kappa shape index (κ1) is 11.4. The van der Waals surface area contributed by atoms with E-state index in [-0.39, 0.29) is 18.0 Å². The number of hydrogen-bond acceptors (Lipinski definition) is 5. The predicted molar refractivity (Wildman–Crippen MR) is 56.3 cm³/mol. The second-order valence-electron chi connectivity index (χ2n) is 3.05. The third kappa shape index (κ3) is 3.19. The monoisotopic (exact) mass is 211 g/mol. The van der Waals surface area contributed by atoms with Crippen molar-refractivity contribution in [2.75, 3.05) is 18.9 Å². The fourth-order valence-electron chi connectivity index (χ4n) is 1.19. The summed E-state index contributed by atoms with van der Waals surface area (Å²) in [6.45, 7) is 1.07. The molecule has 1 rings (SSSR count). The summed E-state index contributed by atoms with van der Waals surface area (Å²) < 4.78 is 0. The molecule has 0 aliphatic heterocycles. The van der Waals surface area contributed by atoms with Gasteiger partial charge >= 0.3 is 0 Å². The summed E-state index contributed by atoms with van der Waals surface area (Å²) >= 11 is 0. The average Bonchev–Trinajstić information content (AvgIpc) is 2.17. The molecule has 0 saturated carbocycles. The lowest BCUT2D eigenvalue weighted by Gasteiger charge is -2.04. The van der Waals surface area contributed by atoms with E-state index in [0.29, 0.717) is 13.1 Å². The van der Waals surface area contributed by atoms with E-state index in [1.165, 1.54) is 6.07 Å². The predicted octanol–water partition coefficient (Wildman–Crippen LogP) is 0.259. The zero-order chi connectivity index (χ0) is 11.3. The molecule has 0 fully saturated rings. The molecule has 0 aromatic heterocycles. The molecule has 4 N–H and O–H groups in total. The summed E-state index contributed by atoms with van der Waals surface area (Å²) in [6, 6.07) is 4.58. The van der Waals surface area contributed by atoms with Crippen LogP contribution in [0.3, 0.4) is 0 Å². The Balaban J connectivity index is 2.69. The van der Waals surface area contributed by atoms with Crippen LogP contribution < -0.4 is 11.1 Å². The average molecular weight is 211 g/mol. The number of nitrogens with one attached hydrogen (secondary N) is 1. The van der Waals surface area contributed by atoms with Gasteiger partial charge in [0.25, 0.3) is 5.69 Å². The molecule has 0 spiro atoms. The van der Waals surface area contributed by atoms with Gasteiger partial charge in [-0.05, 0) is 11.6 Å². The smallest absolute Gasteiger partial charge is 0.292 e. The second kappa shape index (κ2) is 5.28. The van der Waals surface area contributed by atoms with Crippen molar-refractivity contribution in [3.63, 3.8) is 0 Å². The molecule has 6 nitrogen and oxygen atoms in total. The van der Waals surface area contributed by atoms with E-state index in [1.807, 2.05) is 0 Å². The summed E-state index contributed by atoms with van der Waals surface area (Å²) in [5.41, 5.74) is 6.43. The molecular formula is C9H13N3O3. The van der Waals surface area contributed by atoms with Gasteiger partial charge in [0.2, 0.25) is 0 Å². The number of nitro groups is 1. The summed E-state index contributed by atoms with van der Waals surface area (Å²) in [4.78, 5) is 9.96. The Bertz CT molecular complexity index is 354. The van der Waals surface area contributed by atoms with Gasteiger partial charge in [0, 0.05) is 19.2 Å². The van der Waals surface area contributed by atoms with Crippen LogP contribution in [0.5, 0.6) is 0 Å². The topological polar surface area (TPSA) is 101 Å². The van der Waals surface area contributed by atoms with Crippen molar-refractivity contribution >= 4 is 11.4 Å². The number of anilines is 1. The Morgan fingerprint density at radius 2 is 2.27 bits per heavy atom. The van der Waals surface area contributed by atoms with E-state index in [2.05, 4.69) is 5.32 Å². The van der Waals surface area contributed by atoms with Crippen LogP contribution in [0.2, 0.25) is 0 Å². The van der Waals surface area contributed by atoms with Gasteiger partial charge in [-0.3, -0.25) is 10.1 Å². The summed E-state index contributed by atoms with van der Waals surface area (Å²) in [6.07, 6.45) is 0. The first-order valence-corrected chi connectivity index (χ1v) is 4.49. The highest BCUT2D eigenvalue weighted by Gasteiger charge is 2.10. The molecule has 1 aromatic carbocycles. The van der Waals surface area contributed by atoms with Crippen LogP contribution in [-0.2, 0) is 6.54 Å². The van der Waals surface area contributed by atoms with Gasteiger partial charge in [0.1, 0.15) is 5.69 Å². The molecule has 0 saturated heterocycles. The molecule has 0 aliphatic carbocycles. The molecule has 0 bridgehead atoms. The maximum absolute atomic E-state index is 10.5. The van der Waals surface area contributed by atoms with Crippen molar-refractivity contribution in [3.05, 3.63) is 33.9 Å². The van der Waals surface area contributed by atoms with Crippen molar-refractivity contribution in [3.8, 4) is 0 Å². The van der Waals surface area contributed by atoms with Crippen molar-refractivity contribution in [2.24, 2.45) is 0 Å². The maximum atomic E-state index is 10.5. The number of benzene rings is 1. The summed E-state index contributed by atoms with van der Waals surface area (Å²) in [5, 5.41) is 22.0. The number of aliphatic hydroxyl groups excluding tert-OH is 1. The molecule has 0 aliphatic rings. The third-order valence-corrected chi connectivity index (χ3v) is 1.91. The van der Waals surface area contributed by atoms with Gasteiger partial charge in [-0.1, -0.05) is 6.07 Å². The Hall–Kier alpha value is -1.66. The number of rotatable bonds is 5. The minimum Gasteiger partial charge on any atom is -0.395 e. The van der Waals surface area contributed by atoms with Gasteiger partial charge in [-0.2, -0.15) is 0 Å². The Kier molecular flexibility index (Phi) is 4.02. The van der Waals surface area contributed by atoms with Gasteiger partial charge < -0.3 is 16.2 Å². The summed E-state index contributed by atoms with van der Waals surface area (Å²) in [7, 11) is 0. The van der Waals surface area contributed by atoms with Crippen LogP contribution in [0.4, 0.5) is 11.4 Å². The van der Waals surface area contributed by atoms with E-state index in [0.717, 1.165) is 5.56 Å². The minimum absolute atomic E-state index is 0.0580.